The number of rotatable bonds is 10. The molecule has 27 heavy (non-hydrogen) atoms. The fourth-order valence-corrected chi connectivity index (χ4v) is 3.70. The maximum Gasteiger partial charge on any atom is 0.191 e. The van der Waals surface area contributed by atoms with Gasteiger partial charge in [0.05, 0.1) is 19.8 Å². The summed E-state index contributed by atoms with van der Waals surface area (Å²) in [6.07, 6.45) is 7.06. The van der Waals surface area contributed by atoms with E-state index in [1.54, 1.807) is 0 Å². The van der Waals surface area contributed by atoms with Gasteiger partial charge in [-0.1, -0.05) is 32.8 Å². The molecular weight excluding hydrogens is 338 g/mol. The number of hydrogen-bond acceptors (Lipinski definition) is 4. The number of hydrogen-bond donors (Lipinski definition) is 2. The van der Waals surface area contributed by atoms with Gasteiger partial charge in [-0.3, -0.25) is 14.9 Å². The van der Waals surface area contributed by atoms with Crippen molar-refractivity contribution in [3.8, 4) is 0 Å². The molecule has 2 heterocycles. The Balaban J connectivity index is 1.95. The number of guanidine groups is 1. The van der Waals surface area contributed by atoms with Gasteiger partial charge in [0.25, 0.3) is 0 Å². The highest BCUT2D eigenvalue weighted by atomic mass is 16.5. The smallest absolute Gasteiger partial charge is 0.191 e. The Bertz CT molecular complexity index is 527. The Morgan fingerprint density at radius 1 is 1.22 bits per heavy atom. The molecule has 6 nitrogen and oxygen atoms in total. The summed E-state index contributed by atoms with van der Waals surface area (Å²) in [5.74, 6) is 1.58. The average molecular weight is 376 g/mol. The normalized spacial score (nSPS) is 17.1. The maximum atomic E-state index is 5.55. The molecule has 2 rings (SSSR count). The highest BCUT2D eigenvalue weighted by Crippen LogP contribution is 2.20. The first-order valence-electron chi connectivity index (χ1n) is 10.5. The summed E-state index contributed by atoms with van der Waals surface area (Å²) in [4.78, 5) is 11.7. The quantitative estimate of drug-likeness (QED) is 0.485. The third kappa shape index (κ3) is 7.46. The predicted molar refractivity (Wildman–Crippen MR) is 112 cm³/mol. The highest BCUT2D eigenvalue weighted by Gasteiger charge is 2.26. The van der Waals surface area contributed by atoms with Crippen molar-refractivity contribution in [2.75, 3.05) is 45.9 Å². The molecule has 1 fully saturated rings. The lowest BCUT2D eigenvalue weighted by Crippen LogP contribution is -2.49. The summed E-state index contributed by atoms with van der Waals surface area (Å²) in [6, 6.07) is 4.58. The number of aliphatic imine (C=N–C) groups is 1. The zero-order valence-corrected chi connectivity index (χ0v) is 17.3. The van der Waals surface area contributed by atoms with Crippen LogP contribution in [0.3, 0.4) is 0 Å². The molecule has 1 unspecified atom stereocenters. The van der Waals surface area contributed by atoms with Crippen molar-refractivity contribution in [3.63, 3.8) is 0 Å². The van der Waals surface area contributed by atoms with Crippen molar-refractivity contribution in [1.29, 1.82) is 0 Å². The lowest BCUT2D eigenvalue weighted by molar-refractivity contribution is 0.00395. The Labute approximate surface area is 164 Å². The van der Waals surface area contributed by atoms with Crippen molar-refractivity contribution in [3.05, 3.63) is 30.1 Å². The minimum Gasteiger partial charge on any atom is -0.379 e. The zero-order valence-electron chi connectivity index (χ0n) is 17.3. The van der Waals surface area contributed by atoms with E-state index in [1.807, 2.05) is 18.5 Å². The molecule has 1 aliphatic heterocycles. The summed E-state index contributed by atoms with van der Waals surface area (Å²) in [6.45, 7) is 13.0. The minimum absolute atomic E-state index is 0.484. The van der Waals surface area contributed by atoms with Crippen LogP contribution in [0.5, 0.6) is 0 Å². The number of aromatic nitrogens is 1. The standard InChI is InChI=1S/C21H37N5O/c1-4-19(5-2)20(26-12-14-27-15-13-26)17-25-21(23-6-3)24-11-9-18-8-7-10-22-16-18/h7-8,10,16,19-20H,4-6,9,11-15,17H2,1-3H3,(H2,23,24,25). The van der Waals surface area contributed by atoms with Crippen molar-refractivity contribution < 1.29 is 4.74 Å². The van der Waals surface area contributed by atoms with Crippen LogP contribution in [0, 0.1) is 5.92 Å². The van der Waals surface area contributed by atoms with Crippen LogP contribution < -0.4 is 10.6 Å². The number of nitrogens with one attached hydrogen (secondary N) is 2. The molecule has 0 bridgehead atoms. The molecule has 0 spiro atoms. The maximum absolute atomic E-state index is 5.55. The third-order valence-corrected chi connectivity index (χ3v) is 5.32. The van der Waals surface area contributed by atoms with Crippen molar-refractivity contribution in [2.24, 2.45) is 10.9 Å². The molecule has 0 radical (unpaired) electrons. The van der Waals surface area contributed by atoms with Crippen LogP contribution in [-0.2, 0) is 11.2 Å². The second-order valence-electron chi connectivity index (χ2n) is 7.05. The first kappa shape index (κ1) is 21.6. The predicted octanol–water partition coefficient (Wildman–Crippen LogP) is 2.32. The molecule has 0 amide bonds. The van der Waals surface area contributed by atoms with E-state index in [4.69, 9.17) is 9.73 Å². The molecule has 0 aromatic carbocycles. The van der Waals surface area contributed by atoms with E-state index in [0.29, 0.717) is 12.0 Å². The zero-order chi connectivity index (χ0) is 19.3. The molecule has 1 saturated heterocycles. The number of nitrogens with zero attached hydrogens (tertiary/aromatic N) is 3. The summed E-state index contributed by atoms with van der Waals surface area (Å²) in [7, 11) is 0. The molecular formula is C21H37N5O. The first-order valence-corrected chi connectivity index (χ1v) is 10.5. The number of pyridine rings is 1. The Morgan fingerprint density at radius 3 is 2.63 bits per heavy atom. The molecule has 0 aliphatic carbocycles. The van der Waals surface area contributed by atoms with Crippen LogP contribution in [0.1, 0.15) is 39.2 Å². The number of morpholine rings is 1. The van der Waals surface area contributed by atoms with Gasteiger partial charge in [0, 0.05) is 44.6 Å². The molecule has 152 valence electrons. The van der Waals surface area contributed by atoms with E-state index in [9.17, 15) is 0 Å². The molecule has 0 saturated carbocycles. The van der Waals surface area contributed by atoms with E-state index in [1.165, 1.54) is 18.4 Å². The molecule has 1 atom stereocenters. The van der Waals surface area contributed by atoms with Gasteiger partial charge in [0.1, 0.15) is 0 Å². The van der Waals surface area contributed by atoms with Gasteiger partial charge in [-0.2, -0.15) is 0 Å². The summed E-state index contributed by atoms with van der Waals surface area (Å²) < 4.78 is 5.55. The second kappa shape index (κ2) is 12.7. The largest absolute Gasteiger partial charge is 0.379 e. The van der Waals surface area contributed by atoms with Crippen LogP contribution in [0.15, 0.2) is 29.5 Å². The molecule has 1 aliphatic rings. The van der Waals surface area contributed by atoms with Gasteiger partial charge in [0.15, 0.2) is 5.96 Å². The molecule has 2 N–H and O–H groups in total. The van der Waals surface area contributed by atoms with Crippen LogP contribution in [0.4, 0.5) is 0 Å². The van der Waals surface area contributed by atoms with Crippen molar-refractivity contribution in [1.82, 2.24) is 20.5 Å². The molecule has 1 aromatic rings. The van der Waals surface area contributed by atoms with Gasteiger partial charge in [-0.15, -0.1) is 0 Å². The van der Waals surface area contributed by atoms with Crippen LogP contribution in [-0.4, -0.2) is 67.8 Å². The monoisotopic (exact) mass is 375 g/mol. The highest BCUT2D eigenvalue weighted by molar-refractivity contribution is 5.79. The SMILES string of the molecule is CCNC(=NCC(C(CC)CC)N1CCOCC1)NCCc1cccnc1. The van der Waals surface area contributed by atoms with E-state index in [0.717, 1.165) is 58.3 Å². The summed E-state index contributed by atoms with van der Waals surface area (Å²) in [5, 5.41) is 6.85. The van der Waals surface area contributed by atoms with E-state index in [-0.39, 0.29) is 0 Å². The first-order chi connectivity index (χ1) is 13.3. The van der Waals surface area contributed by atoms with Gasteiger partial charge >= 0.3 is 0 Å². The van der Waals surface area contributed by atoms with Crippen LogP contribution in [0.25, 0.3) is 0 Å². The summed E-state index contributed by atoms with van der Waals surface area (Å²) in [5.41, 5.74) is 1.24. The fourth-order valence-electron chi connectivity index (χ4n) is 3.70. The van der Waals surface area contributed by atoms with Gasteiger partial charge in [0.2, 0.25) is 0 Å². The third-order valence-electron chi connectivity index (χ3n) is 5.32. The van der Waals surface area contributed by atoms with E-state index < -0.39 is 0 Å². The van der Waals surface area contributed by atoms with Gasteiger partial charge in [-0.25, -0.2) is 0 Å². The molecule has 6 heteroatoms. The second-order valence-corrected chi connectivity index (χ2v) is 7.05. The summed E-state index contributed by atoms with van der Waals surface area (Å²) >= 11 is 0. The van der Waals surface area contributed by atoms with Crippen molar-refractivity contribution >= 4 is 5.96 Å². The van der Waals surface area contributed by atoms with Crippen molar-refractivity contribution in [2.45, 2.75) is 46.1 Å². The van der Waals surface area contributed by atoms with E-state index in [2.05, 4.69) is 47.4 Å². The average Bonchev–Trinajstić information content (AvgIpc) is 2.72. The van der Waals surface area contributed by atoms with Crippen LogP contribution >= 0.6 is 0 Å². The van der Waals surface area contributed by atoms with Crippen LogP contribution in [0.2, 0.25) is 0 Å². The topological polar surface area (TPSA) is 61.8 Å². The van der Waals surface area contributed by atoms with Gasteiger partial charge in [-0.05, 0) is 30.9 Å². The van der Waals surface area contributed by atoms with Gasteiger partial charge < -0.3 is 15.4 Å². The lowest BCUT2D eigenvalue weighted by atomic mass is 9.92. The van der Waals surface area contributed by atoms with E-state index >= 15 is 0 Å². The fraction of sp³-hybridized carbons (Fsp3) is 0.714. The number of ether oxygens (including phenoxy) is 1. The Morgan fingerprint density at radius 2 is 2.00 bits per heavy atom. The lowest BCUT2D eigenvalue weighted by Gasteiger charge is -2.38. The molecule has 1 aromatic heterocycles. The Hall–Kier alpha value is -1.66. The minimum atomic E-state index is 0.484. The Kier molecular flexibility index (Phi) is 10.2.